The van der Waals surface area contributed by atoms with Crippen molar-refractivity contribution < 1.29 is 18.1 Å². The van der Waals surface area contributed by atoms with Crippen LogP contribution in [0.1, 0.15) is 0 Å². The van der Waals surface area contributed by atoms with E-state index in [1.54, 1.807) is 0 Å². The average molecular weight is 229 g/mol. The Balaban J connectivity index is 0.00000144. The molecule has 0 atom stereocenters. The first-order valence-electron chi connectivity index (χ1n) is 2.91. The molecule has 1 aromatic rings. The Labute approximate surface area is 103 Å². The molecular weight excluding hydrogens is 223 g/mol. The van der Waals surface area contributed by atoms with Crippen LogP contribution >= 0.6 is 12.6 Å². The van der Waals surface area contributed by atoms with Gasteiger partial charge in [0.15, 0.2) is 0 Å². The molecule has 1 radical (unpaired) electrons. The van der Waals surface area contributed by atoms with Gasteiger partial charge in [-0.15, -0.1) is 12.6 Å². The summed E-state index contributed by atoms with van der Waals surface area (Å²) in [6, 6.07) is 3.36. The molecule has 67 valence electrons. The third kappa shape index (κ3) is 3.49. The van der Waals surface area contributed by atoms with Crippen LogP contribution in [0.25, 0.3) is 0 Å². The normalized spacial score (nSPS) is 10.6. The number of hydrogen-bond donors (Lipinski definition) is 3. The Morgan fingerprint density at radius 3 is 2.23 bits per heavy atom. The monoisotopic (exact) mass is 229 g/mol. The van der Waals surface area contributed by atoms with Gasteiger partial charge in [0.2, 0.25) is 0 Å². The molecule has 0 spiro atoms. The van der Waals surface area contributed by atoms with Gasteiger partial charge < -0.3 is 5.11 Å². The molecule has 0 aliphatic carbocycles. The Bertz CT molecular complexity index is 401. The molecule has 4 nitrogen and oxygen atoms in total. The molecular formula is C6H6NaO4S2. The largest absolute Gasteiger partial charge is 0.507 e. The molecule has 2 N–H and O–H groups in total. The Morgan fingerprint density at radius 2 is 1.85 bits per heavy atom. The summed E-state index contributed by atoms with van der Waals surface area (Å²) in [5.74, 6) is -0.284. The Kier molecular flexibility index (Phi) is 4.78. The van der Waals surface area contributed by atoms with Crippen molar-refractivity contribution >= 4 is 52.3 Å². The van der Waals surface area contributed by atoms with Crippen LogP contribution in [0.2, 0.25) is 0 Å². The van der Waals surface area contributed by atoms with E-state index in [-0.39, 0.29) is 45.1 Å². The van der Waals surface area contributed by atoms with E-state index in [0.717, 1.165) is 12.1 Å². The second-order valence-electron chi connectivity index (χ2n) is 2.13. The SMILES string of the molecule is O=S(=O)(O)c1ccc(S)c(O)c1.[Na]. The van der Waals surface area contributed by atoms with Crippen molar-refractivity contribution in [2.24, 2.45) is 0 Å². The molecule has 1 rings (SSSR count). The molecule has 13 heavy (non-hydrogen) atoms. The van der Waals surface area contributed by atoms with Gasteiger partial charge in [0.25, 0.3) is 10.1 Å². The zero-order valence-electron chi connectivity index (χ0n) is 6.80. The Hall–Kier alpha value is 0.280. The van der Waals surface area contributed by atoms with E-state index in [0.29, 0.717) is 0 Å². The van der Waals surface area contributed by atoms with E-state index < -0.39 is 10.1 Å². The summed E-state index contributed by atoms with van der Waals surface area (Å²) in [5.41, 5.74) is 0. The standard InChI is InChI=1S/C6H6O4S2.Na/c7-5-3-4(12(8,9)10)1-2-6(5)11;/h1-3,7,11H,(H,8,9,10);. The molecule has 0 aliphatic heterocycles. The maximum Gasteiger partial charge on any atom is 0.294 e. The molecule has 0 saturated heterocycles. The van der Waals surface area contributed by atoms with Crippen LogP contribution in [0.3, 0.4) is 0 Å². The van der Waals surface area contributed by atoms with E-state index in [4.69, 9.17) is 9.66 Å². The third-order valence-corrected chi connectivity index (χ3v) is 2.47. The second kappa shape index (κ2) is 4.68. The van der Waals surface area contributed by atoms with E-state index in [1.807, 2.05) is 0 Å². The summed E-state index contributed by atoms with van der Waals surface area (Å²) in [5, 5.41) is 9.01. The summed E-state index contributed by atoms with van der Waals surface area (Å²) in [6.45, 7) is 0. The summed E-state index contributed by atoms with van der Waals surface area (Å²) in [6.07, 6.45) is 0. The minimum atomic E-state index is -4.24. The molecule has 0 fully saturated rings. The molecule has 0 unspecified atom stereocenters. The van der Waals surface area contributed by atoms with Crippen LogP contribution in [-0.4, -0.2) is 47.6 Å². The number of phenols is 1. The van der Waals surface area contributed by atoms with Crippen LogP contribution in [0.5, 0.6) is 5.75 Å². The third-order valence-electron chi connectivity index (χ3n) is 1.24. The van der Waals surface area contributed by atoms with Crippen LogP contribution < -0.4 is 0 Å². The van der Waals surface area contributed by atoms with E-state index >= 15 is 0 Å². The van der Waals surface area contributed by atoms with E-state index in [1.165, 1.54) is 6.07 Å². The van der Waals surface area contributed by atoms with Gasteiger partial charge in [-0.2, -0.15) is 8.42 Å². The van der Waals surface area contributed by atoms with Crippen molar-refractivity contribution in [3.05, 3.63) is 18.2 Å². The van der Waals surface area contributed by atoms with Crippen LogP contribution in [0.4, 0.5) is 0 Å². The number of rotatable bonds is 1. The van der Waals surface area contributed by atoms with Gasteiger partial charge >= 0.3 is 0 Å². The average Bonchev–Trinajstić information content (AvgIpc) is 1.92. The molecule has 7 heteroatoms. The van der Waals surface area contributed by atoms with Gasteiger partial charge in [0, 0.05) is 40.5 Å². The zero-order chi connectivity index (χ0) is 9.35. The van der Waals surface area contributed by atoms with Crippen LogP contribution in [-0.2, 0) is 10.1 Å². The van der Waals surface area contributed by atoms with Crippen LogP contribution in [0, 0.1) is 0 Å². The number of aromatic hydroxyl groups is 1. The zero-order valence-corrected chi connectivity index (χ0v) is 10.5. The fourth-order valence-corrected chi connectivity index (χ4v) is 1.30. The minimum Gasteiger partial charge on any atom is -0.507 e. The van der Waals surface area contributed by atoms with Crippen molar-refractivity contribution in [2.45, 2.75) is 9.79 Å². The quantitative estimate of drug-likeness (QED) is 0.373. The first-order valence-corrected chi connectivity index (χ1v) is 4.79. The van der Waals surface area contributed by atoms with E-state index in [9.17, 15) is 8.42 Å². The molecule has 1 aromatic carbocycles. The molecule has 0 aliphatic rings. The Morgan fingerprint density at radius 1 is 1.31 bits per heavy atom. The maximum atomic E-state index is 10.5. The minimum absolute atomic E-state index is 0. The fourth-order valence-electron chi connectivity index (χ4n) is 0.664. The topological polar surface area (TPSA) is 74.6 Å². The van der Waals surface area contributed by atoms with Crippen molar-refractivity contribution in [3.8, 4) is 5.75 Å². The summed E-state index contributed by atoms with van der Waals surface area (Å²) >= 11 is 3.81. The number of phenolic OH excluding ortho intramolecular Hbond substituents is 1. The molecule has 0 heterocycles. The van der Waals surface area contributed by atoms with Crippen molar-refractivity contribution in [1.82, 2.24) is 0 Å². The van der Waals surface area contributed by atoms with Gasteiger partial charge in [0.05, 0.1) is 4.90 Å². The van der Waals surface area contributed by atoms with Crippen molar-refractivity contribution in [3.63, 3.8) is 0 Å². The van der Waals surface area contributed by atoms with Gasteiger partial charge in [-0.3, -0.25) is 4.55 Å². The van der Waals surface area contributed by atoms with Crippen LogP contribution in [0.15, 0.2) is 28.0 Å². The predicted molar refractivity (Wildman–Crippen MR) is 50.9 cm³/mol. The van der Waals surface area contributed by atoms with Crippen molar-refractivity contribution in [2.75, 3.05) is 0 Å². The molecule has 0 bridgehead atoms. The van der Waals surface area contributed by atoms with E-state index in [2.05, 4.69) is 12.6 Å². The van der Waals surface area contributed by atoms with Gasteiger partial charge in [-0.25, -0.2) is 0 Å². The van der Waals surface area contributed by atoms with Gasteiger partial charge in [-0.05, 0) is 12.1 Å². The number of thiol groups is 1. The fraction of sp³-hybridized carbons (Fsp3) is 0. The predicted octanol–water partition coefficient (Wildman–Crippen LogP) is 0.547. The number of benzene rings is 1. The molecule has 0 amide bonds. The summed E-state index contributed by atoms with van der Waals surface area (Å²) in [4.78, 5) is -0.0970. The smallest absolute Gasteiger partial charge is 0.294 e. The first-order chi connectivity index (χ1) is 5.41. The summed E-state index contributed by atoms with van der Waals surface area (Å²) < 4.78 is 29.6. The molecule has 0 aromatic heterocycles. The van der Waals surface area contributed by atoms with Crippen molar-refractivity contribution in [1.29, 1.82) is 0 Å². The van der Waals surface area contributed by atoms with Gasteiger partial charge in [0.1, 0.15) is 5.75 Å². The summed E-state index contributed by atoms with van der Waals surface area (Å²) in [7, 11) is -4.24. The maximum absolute atomic E-state index is 10.5. The van der Waals surface area contributed by atoms with Gasteiger partial charge in [-0.1, -0.05) is 0 Å². The first kappa shape index (κ1) is 13.3. The number of hydrogen-bond acceptors (Lipinski definition) is 4. The second-order valence-corrected chi connectivity index (χ2v) is 4.03. The molecule has 0 saturated carbocycles.